The molecular weight excluding hydrogens is 260 g/mol. The molecule has 0 saturated heterocycles. The highest BCUT2D eigenvalue weighted by molar-refractivity contribution is 9.10. The minimum Gasteiger partial charge on any atom is -0.385 e. The summed E-state index contributed by atoms with van der Waals surface area (Å²) in [5, 5.41) is 13.9. The zero-order valence-corrected chi connectivity index (χ0v) is 10.6. The average Bonchev–Trinajstić information content (AvgIpc) is 2.55. The maximum absolute atomic E-state index is 9.72. The van der Waals surface area contributed by atoms with Crippen molar-refractivity contribution in [2.24, 2.45) is 5.73 Å². The van der Waals surface area contributed by atoms with Gasteiger partial charge in [-0.3, -0.25) is 4.68 Å². The van der Waals surface area contributed by atoms with E-state index in [1.807, 2.05) is 14.1 Å². The number of aliphatic hydroxyl groups excluding tert-OH is 1. The Bertz CT molecular complexity index is 313. The molecule has 1 aromatic heterocycles. The summed E-state index contributed by atoms with van der Waals surface area (Å²) in [5.74, 6) is 0. The molecule has 0 fully saturated rings. The maximum atomic E-state index is 9.72. The van der Waals surface area contributed by atoms with E-state index < -0.39 is 6.10 Å². The molecule has 0 saturated carbocycles. The van der Waals surface area contributed by atoms with Crippen LogP contribution in [0.3, 0.4) is 0 Å². The van der Waals surface area contributed by atoms with E-state index in [-0.39, 0.29) is 6.54 Å². The summed E-state index contributed by atoms with van der Waals surface area (Å²) < 4.78 is 2.58. The van der Waals surface area contributed by atoms with E-state index in [0.717, 1.165) is 23.3 Å². The van der Waals surface area contributed by atoms with Gasteiger partial charge in [-0.1, -0.05) is 0 Å². The van der Waals surface area contributed by atoms with Gasteiger partial charge in [0.05, 0.1) is 22.9 Å². The van der Waals surface area contributed by atoms with Crippen molar-refractivity contribution in [2.75, 3.05) is 27.2 Å². The summed E-state index contributed by atoms with van der Waals surface area (Å²) in [6, 6.07) is 0. The van der Waals surface area contributed by atoms with Gasteiger partial charge in [-0.2, -0.15) is 5.10 Å². The van der Waals surface area contributed by atoms with E-state index in [1.165, 1.54) is 0 Å². The van der Waals surface area contributed by atoms with Gasteiger partial charge in [-0.25, -0.2) is 0 Å². The van der Waals surface area contributed by atoms with Crippen molar-refractivity contribution < 1.29 is 5.11 Å². The molecule has 0 spiro atoms. The van der Waals surface area contributed by atoms with Crippen LogP contribution in [0, 0.1) is 0 Å². The topological polar surface area (TPSA) is 67.3 Å². The number of aliphatic hydroxyl groups is 1. The summed E-state index contributed by atoms with van der Waals surface area (Å²) in [7, 11) is 4.00. The Kier molecular flexibility index (Phi) is 4.72. The van der Waals surface area contributed by atoms with Gasteiger partial charge in [0.1, 0.15) is 6.10 Å². The minimum absolute atomic E-state index is 0.201. The van der Waals surface area contributed by atoms with Crippen LogP contribution in [0.15, 0.2) is 10.7 Å². The van der Waals surface area contributed by atoms with Crippen LogP contribution in [0.4, 0.5) is 0 Å². The van der Waals surface area contributed by atoms with Crippen LogP contribution < -0.4 is 5.73 Å². The van der Waals surface area contributed by atoms with Crippen LogP contribution in [-0.2, 0) is 6.54 Å². The van der Waals surface area contributed by atoms with E-state index in [2.05, 4.69) is 25.9 Å². The third-order valence-corrected chi connectivity index (χ3v) is 2.74. The Morgan fingerprint density at radius 3 is 2.87 bits per heavy atom. The predicted molar refractivity (Wildman–Crippen MR) is 62.5 cm³/mol. The average molecular weight is 277 g/mol. The molecule has 0 aliphatic rings. The number of hydrogen-bond donors (Lipinski definition) is 2. The monoisotopic (exact) mass is 276 g/mol. The normalized spacial score (nSPS) is 13.5. The fraction of sp³-hybridized carbons (Fsp3) is 0.667. The number of halogens is 1. The zero-order valence-electron chi connectivity index (χ0n) is 9.02. The first kappa shape index (κ1) is 12.6. The van der Waals surface area contributed by atoms with Gasteiger partial charge in [0.2, 0.25) is 0 Å². The van der Waals surface area contributed by atoms with E-state index in [9.17, 15) is 5.11 Å². The second-order valence-corrected chi connectivity index (χ2v) is 4.51. The van der Waals surface area contributed by atoms with Crippen LogP contribution in [0.1, 0.15) is 11.8 Å². The largest absolute Gasteiger partial charge is 0.385 e. The molecule has 86 valence electrons. The van der Waals surface area contributed by atoms with Gasteiger partial charge in [-0.15, -0.1) is 0 Å². The van der Waals surface area contributed by atoms with Crippen molar-refractivity contribution in [2.45, 2.75) is 12.6 Å². The first-order chi connectivity index (χ1) is 7.06. The summed E-state index contributed by atoms with van der Waals surface area (Å²) in [4.78, 5) is 2.06. The zero-order chi connectivity index (χ0) is 11.4. The summed E-state index contributed by atoms with van der Waals surface area (Å²) >= 11 is 3.35. The van der Waals surface area contributed by atoms with Crippen molar-refractivity contribution in [3.05, 3.63) is 16.4 Å². The number of likely N-dealkylation sites (N-methyl/N-ethyl adjacent to an activating group) is 1. The van der Waals surface area contributed by atoms with Crippen molar-refractivity contribution >= 4 is 15.9 Å². The van der Waals surface area contributed by atoms with Gasteiger partial charge in [-0.05, 0) is 30.0 Å². The van der Waals surface area contributed by atoms with Gasteiger partial charge in [0.25, 0.3) is 0 Å². The predicted octanol–water partition coefficient (Wildman–Crippen LogP) is 0.199. The fourth-order valence-electron chi connectivity index (χ4n) is 1.29. The molecule has 0 aliphatic heterocycles. The molecule has 15 heavy (non-hydrogen) atoms. The van der Waals surface area contributed by atoms with Gasteiger partial charge < -0.3 is 15.7 Å². The van der Waals surface area contributed by atoms with Crippen LogP contribution in [0.5, 0.6) is 0 Å². The highest BCUT2D eigenvalue weighted by Crippen LogP contribution is 2.22. The second kappa shape index (κ2) is 5.60. The van der Waals surface area contributed by atoms with Crippen LogP contribution in [0.2, 0.25) is 0 Å². The summed E-state index contributed by atoms with van der Waals surface area (Å²) in [6.07, 6.45) is 1.02. The fourth-order valence-corrected chi connectivity index (χ4v) is 1.85. The first-order valence-electron chi connectivity index (χ1n) is 4.80. The molecule has 1 rings (SSSR count). The van der Waals surface area contributed by atoms with E-state index in [1.54, 1.807) is 10.9 Å². The molecular formula is C9H17BrN4O. The quantitative estimate of drug-likeness (QED) is 0.807. The molecule has 0 aromatic carbocycles. The van der Waals surface area contributed by atoms with Crippen molar-refractivity contribution in [1.82, 2.24) is 14.7 Å². The Morgan fingerprint density at radius 1 is 1.67 bits per heavy atom. The lowest BCUT2D eigenvalue weighted by atomic mass is 10.2. The molecule has 0 radical (unpaired) electrons. The number of nitrogens with two attached hydrogens (primary N) is 1. The molecule has 0 aliphatic carbocycles. The number of aromatic nitrogens is 2. The Labute approximate surface area is 98.0 Å². The SMILES string of the molecule is CN(C)CCn1ncc(Br)c1C(O)CN. The third kappa shape index (κ3) is 3.27. The lowest BCUT2D eigenvalue weighted by molar-refractivity contribution is 0.172. The lowest BCUT2D eigenvalue weighted by Crippen LogP contribution is -2.23. The number of hydrogen-bond acceptors (Lipinski definition) is 4. The molecule has 5 nitrogen and oxygen atoms in total. The Morgan fingerprint density at radius 2 is 2.33 bits per heavy atom. The molecule has 1 unspecified atom stereocenters. The maximum Gasteiger partial charge on any atom is 0.109 e. The summed E-state index contributed by atoms with van der Waals surface area (Å²) in [6.45, 7) is 1.82. The van der Waals surface area contributed by atoms with Gasteiger partial charge >= 0.3 is 0 Å². The van der Waals surface area contributed by atoms with Gasteiger partial charge in [0.15, 0.2) is 0 Å². The molecule has 0 amide bonds. The third-order valence-electron chi connectivity index (χ3n) is 2.13. The van der Waals surface area contributed by atoms with Crippen LogP contribution >= 0.6 is 15.9 Å². The first-order valence-corrected chi connectivity index (χ1v) is 5.59. The van der Waals surface area contributed by atoms with E-state index in [0.29, 0.717) is 0 Å². The number of nitrogens with zero attached hydrogens (tertiary/aromatic N) is 3. The highest BCUT2D eigenvalue weighted by Gasteiger charge is 2.16. The van der Waals surface area contributed by atoms with Crippen molar-refractivity contribution in [3.63, 3.8) is 0 Å². The van der Waals surface area contributed by atoms with Crippen molar-refractivity contribution in [1.29, 1.82) is 0 Å². The Hall–Kier alpha value is -0.430. The standard InChI is InChI=1S/C9H17BrN4O/c1-13(2)3-4-14-9(8(15)5-11)7(10)6-12-14/h6,8,15H,3-5,11H2,1-2H3. The van der Waals surface area contributed by atoms with E-state index in [4.69, 9.17) is 5.73 Å². The summed E-state index contributed by atoms with van der Waals surface area (Å²) in [5.41, 5.74) is 6.18. The minimum atomic E-state index is -0.663. The molecule has 0 bridgehead atoms. The molecule has 6 heteroatoms. The Balaban J connectivity index is 2.79. The van der Waals surface area contributed by atoms with E-state index >= 15 is 0 Å². The number of rotatable bonds is 5. The molecule has 3 N–H and O–H groups in total. The second-order valence-electron chi connectivity index (χ2n) is 3.66. The lowest BCUT2D eigenvalue weighted by Gasteiger charge is -2.14. The highest BCUT2D eigenvalue weighted by atomic mass is 79.9. The molecule has 1 heterocycles. The van der Waals surface area contributed by atoms with Crippen LogP contribution in [-0.4, -0.2) is 47.0 Å². The molecule has 1 aromatic rings. The smallest absolute Gasteiger partial charge is 0.109 e. The van der Waals surface area contributed by atoms with Crippen molar-refractivity contribution in [3.8, 4) is 0 Å². The van der Waals surface area contributed by atoms with Gasteiger partial charge in [0, 0.05) is 13.1 Å². The molecule has 1 atom stereocenters. The van der Waals surface area contributed by atoms with Crippen LogP contribution in [0.25, 0.3) is 0 Å².